The zero-order valence-corrected chi connectivity index (χ0v) is 12.7. The molecule has 0 saturated heterocycles. The summed E-state index contributed by atoms with van der Waals surface area (Å²) in [5.74, 6) is 0.714. The van der Waals surface area contributed by atoms with Crippen LogP contribution >= 0.6 is 0 Å². The molecule has 3 atom stereocenters. The fraction of sp³-hybridized carbons (Fsp3) is 1.00. The first-order valence-corrected chi connectivity index (χ1v) is 6.91. The van der Waals surface area contributed by atoms with Gasteiger partial charge >= 0.3 is 0 Å². The summed E-state index contributed by atoms with van der Waals surface area (Å²) in [7, 11) is 0. The Kier molecular flexibility index (Phi) is 6.16. The Balaban J connectivity index is 4.78. The first-order chi connectivity index (χ1) is 7.51. The van der Waals surface area contributed by atoms with Crippen LogP contribution in [0.2, 0.25) is 0 Å². The molecule has 0 aromatic rings. The summed E-state index contributed by atoms with van der Waals surface area (Å²) in [6, 6.07) is 0. The van der Waals surface area contributed by atoms with Crippen molar-refractivity contribution in [2.45, 2.75) is 79.4 Å². The van der Waals surface area contributed by atoms with E-state index in [2.05, 4.69) is 27.7 Å². The molecule has 0 saturated carbocycles. The Hall–Kier alpha value is -0.0800. The van der Waals surface area contributed by atoms with E-state index in [4.69, 9.17) is 0 Å². The van der Waals surface area contributed by atoms with Crippen LogP contribution in [0.4, 0.5) is 0 Å². The summed E-state index contributed by atoms with van der Waals surface area (Å²) in [6.45, 7) is 14.4. The highest BCUT2D eigenvalue weighted by molar-refractivity contribution is 4.87. The van der Waals surface area contributed by atoms with Gasteiger partial charge in [-0.2, -0.15) is 0 Å². The van der Waals surface area contributed by atoms with Gasteiger partial charge in [-0.3, -0.25) is 0 Å². The van der Waals surface area contributed by atoms with E-state index >= 15 is 0 Å². The van der Waals surface area contributed by atoms with E-state index in [0.717, 1.165) is 19.3 Å². The molecule has 0 radical (unpaired) electrons. The maximum absolute atomic E-state index is 9.99. The molecule has 0 amide bonds. The summed E-state index contributed by atoms with van der Waals surface area (Å²) in [5, 5.41) is 19.9. The maximum atomic E-state index is 9.99. The summed E-state index contributed by atoms with van der Waals surface area (Å²) >= 11 is 0. The van der Waals surface area contributed by atoms with Crippen molar-refractivity contribution in [2.75, 3.05) is 0 Å². The van der Waals surface area contributed by atoms with Gasteiger partial charge in [-0.1, -0.05) is 34.1 Å². The highest BCUT2D eigenvalue weighted by atomic mass is 16.3. The SMILES string of the molecule is CCCC(C(C)O)C(C)C(C)(C)CC(C)(C)O. The van der Waals surface area contributed by atoms with Crippen molar-refractivity contribution in [3.8, 4) is 0 Å². The van der Waals surface area contributed by atoms with Crippen LogP contribution in [-0.4, -0.2) is 21.9 Å². The lowest BCUT2D eigenvalue weighted by atomic mass is 9.66. The predicted octanol–water partition coefficient (Wildman–Crippen LogP) is 3.61. The van der Waals surface area contributed by atoms with Crippen molar-refractivity contribution in [3.05, 3.63) is 0 Å². The van der Waals surface area contributed by atoms with Crippen LogP contribution in [0.5, 0.6) is 0 Å². The third kappa shape index (κ3) is 5.87. The summed E-state index contributed by atoms with van der Waals surface area (Å²) in [5.41, 5.74) is -0.609. The van der Waals surface area contributed by atoms with Crippen LogP contribution in [0.1, 0.15) is 67.7 Å². The van der Waals surface area contributed by atoms with Gasteiger partial charge < -0.3 is 10.2 Å². The van der Waals surface area contributed by atoms with E-state index in [-0.39, 0.29) is 11.5 Å². The Morgan fingerprint density at radius 2 is 1.53 bits per heavy atom. The van der Waals surface area contributed by atoms with E-state index in [9.17, 15) is 10.2 Å². The number of hydrogen-bond acceptors (Lipinski definition) is 2. The Morgan fingerprint density at radius 3 is 1.82 bits per heavy atom. The zero-order valence-electron chi connectivity index (χ0n) is 12.7. The average Bonchev–Trinajstić information content (AvgIpc) is 2.08. The smallest absolute Gasteiger partial charge is 0.0597 e. The fourth-order valence-corrected chi connectivity index (χ4v) is 3.10. The molecule has 2 heteroatoms. The normalized spacial score (nSPS) is 18.9. The van der Waals surface area contributed by atoms with Crippen molar-refractivity contribution >= 4 is 0 Å². The molecule has 3 unspecified atom stereocenters. The molecule has 2 nitrogen and oxygen atoms in total. The molecule has 0 aliphatic rings. The van der Waals surface area contributed by atoms with E-state index in [1.54, 1.807) is 0 Å². The van der Waals surface area contributed by atoms with Crippen LogP contribution in [0, 0.1) is 17.3 Å². The lowest BCUT2D eigenvalue weighted by Gasteiger charge is -2.41. The number of rotatable bonds is 7. The van der Waals surface area contributed by atoms with Gasteiger partial charge in [-0.25, -0.2) is 0 Å². The van der Waals surface area contributed by atoms with E-state index in [1.165, 1.54) is 0 Å². The van der Waals surface area contributed by atoms with Crippen molar-refractivity contribution in [3.63, 3.8) is 0 Å². The molecule has 0 aliphatic heterocycles. The third-order valence-electron chi connectivity index (χ3n) is 4.00. The van der Waals surface area contributed by atoms with Gasteiger partial charge in [0.2, 0.25) is 0 Å². The summed E-state index contributed by atoms with van der Waals surface area (Å²) in [4.78, 5) is 0. The molecule has 0 aromatic carbocycles. The van der Waals surface area contributed by atoms with Gasteiger partial charge in [0.25, 0.3) is 0 Å². The minimum Gasteiger partial charge on any atom is -0.393 e. The predicted molar refractivity (Wildman–Crippen MR) is 73.9 cm³/mol. The van der Waals surface area contributed by atoms with Crippen molar-refractivity contribution in [1.82, 2.24) is 0 Å². The molecule has 0 aliphatic carbocycles. The van der Waals surface area contributed by atoms with E-state index in [1.807, 2.05) is 20.8 Å². The number of hydrogen-bond donors (Lipinski definition) is 2. The zero-order chi connectivity index (χ0) is 13.9. The van der Waals surface area contributed by atoms with Gasteiger partial charge in [0.15, 0.2) is 0 Å². The van der Waals surface area contributed by atoms with Gasteiger partial charge in [0.05, 0.1) is 11.7 Å². The molecular weight excluding hydrogens is 212 g/mol. The van der Waals surface area contributed by atoms with Crippen LogP contribution < -0.4 is 0 Å². The minimum atomic E-state index is -0.646. The Morgan fingerprint density at radius 1 is 1.06 bits per heavy atom. The summed E-state index contributed by atoms with van der Waals surface area (Å²) in [6.07, 6.45) is 2.63. The summed E-state index contributed by atoms with van der Waals surface area (Å²) < 4.78 is 0. The minimum absolute atomic E-state index is 0.0368. The topological polar surface area (TPSA) is 40.5 Å². The molecule has 17 heavy (non-hydrogen) atoms. The molecule has 2 N–H and O–H groups in total. The number of aliphatic hydroxyl groups is 2. The van der Waals surface area contributed by atoms with Gasteiger partial charge in [-0.15, -0.1) is 0 Å². The fourth-order valence-electron chi connectivity index (χ4n) is 3.10. The molecule has 0 heterocycles. The van der Waals surface area contributed by atoms with E-state index in [0.29, 0.717) is 11.8 Å². The molecule has 0 rings (SSSR count). The molecule has 104 valence electrons. The lowest BCUT2D eigenvalue weighted by molar-refractivity contribution is -0.0210. The molecular formula is C15H32O2. The quantitative estimate of drug-likeness (QED) is 0.718. The second-order valence-electron chi connectivity index (χ2n) is 6.96. The van der Waals surface area contributed by atoms with Crippen molar-refractivity contribution in [1.29, 1.82) is 0 Å². The third-order valence-corrected chi connectivity index (χ3v) is 4.00. The highest BCUT2D eigenvalue weighted by Crippen LogP contribution is 2.41. The first kappa shape index (κ1) is 16.9. The molecule has 0 spiro atoms. The molecule has 0 aromatic heterocycles. The van der Waals surface area contributed by atoms with Crippen molar-refractivity contribution < 1.29 is 10.2 Å². The lowest BCUT2D eigenvalue weighted by Crippen LogP contribution is -2.38. The van der Waals surface area contributed by atoms with E-state index < -0.39 is 5.60 Å². The Bertz CT molecular complexity index is 213. The highest BCUT2D eigenvalue weighted by Gasteiger charge is 2.37. The van der Waals surface area contributed by atoms with Gasteiger partial charge in [0.1, 0.15) is 0 Å². The molecule has 0 bridgehead atoms. The first-order valence-electron chi connectivity index (χ1n) is 6.91. The van der Waals surface area contributed by atoms with Crippen LogP contribution in [0.15, 0.2) is 0 Å². The van der Waals surface area contributed by atoms with Gasteiger partial charge in [-0.05, 0) is 50.9 Å². The maximum Gasteiger partial charge on any atom is 0.0597 e. The monoisotopic (exact) mass is 244 g/mol. The van der Waals surface area contributed by atoms with Crippen LogP contribution in [0.3, 0.4) is 0 Å². The average molecular weight is 244 g/mol. The van der Waals surface area contributed by atoms with Crippen molar-refractivity contribution in [2.24, 2.45) is 17.3 Å². The standard InChI is InChI=1S/C15H32O2/c1-8-9-13(12(3)16)11(2)14(4,5)10-15(6,7)17/h11-13,16-17H,8-10H2,1-7H3. The van der Waals surface area contributed by atoms with Crippen LogP contribution in [0.25, 0.3) is 0 Å². The molecule has 0 fully saturated rings. The largest absolute Gasteiger partial charge is 0.393 e. The number of aliphatic hydroxyl groups excluding tert-OH is 1. The van der Waals surface area contributed by atoms with Crippen LogP contribution in [-0.2, 0) is 0 Å². The Labute approximate surface area is 107 Å². The van der Waals surface area contributed by atoms with Gasteiger partial charge in [0, 0.05) is 0 Å². The second-order valence-corrected chi connectivity index (χ2v) is 6.96. The second kappa shape index (κ2) is 6.19.